The molecule has 0 aliphatic carbocycles. The number of amides is 2. The molecule has 7 nitrogen and oxygen atoms in total. The second-order valence-electron chi connectivity index (χ2n) is 5.93. The lowest BCUT2D eigenvalue weighted by molar-refractivity contribution is -0.144. The summed E-state index contributed by atoms with van der Waals surface area (Å²) >= 11 is 0. The number of nitrogens with zero attached hydrogens (tertiary/aromatic N) is 1. The number of ether oxygens (including phenoxy) is 1. The fourth-order valence-electron chi connectivity index (χ4n) is 2.08. The van der Waals surface area contributed by atoms with Crippen LogP contribution in [0.4, 0.5) is 4.79 Å². The number of carboxylic acid groups (broad SMARTS) is 1. The Morgan fingerprint density at radius 3 is 2.40 bits per heavy atom. The monoisotopic (exact) mass is 286 g/mol. The summed E-state index contributed by atoms with van der Waals surface area (Å²) < 4.78 is 5.08. The molecule has 1 heterocycles. The van der Waals surface area contributed by atoms with E-state index in [1.54, 1.807) is 27.7 Å². The smallest absolute Gasteiger partial charge is 0.408 e. The van der Waals surface area contributed by atoms with E-state index in [1.807, 2.05) is 0 Å². The van der Waals surface area contributed by atoms with Crippen LogP contribution in [0, 0.1) is 0 Å². The zero-order valence-electron chi connectivity index (χ0n) is 12.4. The maximum atomic E-state index is 11.8. The van der Waals surface area contributed by atoms with Gasteiger partial charge in [-0.1, -0.05) is 6.92 Å². The molecule has 1 aliphatic rings. The molecule has 114 valence electrons. The Hall–Kier alpha value is -1.79. The van der Waals surface area contributed by atoms with E-state index < -0.39 is 23.2 Å². The zero-order valence-corrected chi connectivity index (χ0v) is 12.4. The lowest BCUT2D eigenvalue weighted by atomic mass is 9.99. The Bertz CT molecular complexity index is 415. The summed E-state index contributed by atoms with van der Waals surface area (Å²) in [7, 11) is 0. The van der Waals surface area contributed by atoms with Gasteiger partial charge in [-0.15, -0.1) is 0 Å². The van der Waals surface area contributed by atoms with Crippen LogP contribution in [-0.2, 0) is 14.3 Å². The lowest BCUT2D eigenvalue weighted by Crippen LogP contribution is -2.57. The van der Waals surface area contributed by atoms with Crippen molar-refractivity contribution < 1.29 is 24.2 Å². The summed E-state index contributed by atoms with van der Waals surface area (Å²) in [5.74, 6) is -1.28. The van der Waals surface area contributed by atoms with Crippen molar-refractivity contribution in [3.05, 3.63) is 0 Å². The first-order valence-corrected chi connectivity index (χ1v) is 6.62. The minimum atomic E-state index is -1.47. The van der Waals surface area contributed by atoms with Gasteiger partial charge in [0.25, 0.3) is 0 Å². The van der Waals surface area contributed by atoms with E-state index in [0.29, 0.717) is 13.0 Å². The van der Waals surface area contributed by atoms with Crippen LogP contribution in [0.1, 0.15) is 40.5 Å². The molecule has 1 unspecified atom stereocenters. The van der Waals surface area contributed by atoms with Crippen molar-refractivity contribution in [2.45, 2.75) is 51.7 Å². The molecule has 1 aliphatic heterocycles. The molecule has 1 atom stereocenters. The molecular formula is C13H22N2O5. The molecule has 20 heavy (non-hydrogen) atoms. The van der Waals surface area contributed by atoms with Crippen molar-refractivity contribution in [1.29, 1.82) is 0 Å². The van der Waals surface area contributed by atoms with Gasteiger partial charge < -0.3 is 20.1 Å². The van der Waals surface area contributed by atoms with E-state index in [4.69, 9.17) is 4.74 Å². The van der Waals surface area contributed by atoms with Crippen molar-refractivity contribution in [2.75, 3.05) is 13.1 Å². The molecule has 0 spiro atoms. The highest BCUT2D eigenvalue weighted by Crippen LogP contribution is 2.23. The highest BCUT2D eigenvalue weighted by molar-refractivity contribution is 5.87. The molecule has 0 aromatic heterocycles. The van der Waals surface area contributed by atoms with E-state index in [1.165, 1.54) is 4.90 Å². The summed E-state index contributed by atoms with van der Waals surface area (Å²) in [6.45, 7) is 7.08. The number of nitrogens with one attached hydrogen (secondary N) is 1. The topological polar surface area (TPSA) is 95.9 Å². The minimum Gasteiger partial charge on any atom is -0.479 e. The molecule has 1 fully saturated rings. The van der Waals surface area contributed by atoms with Gasteiger partial charge in [0.05, 0.1) is 6.54 Å². The molecule has 7 heteroatoms. The molecule has 1 saturated heterocycles. The first kappa shape index (κ1) is 16.3. The van der Waals surface area contributed by atoms with Gasteiger partial charge in [-0.05, 0) is 20.8 Å². The number of hydrogen-bond donors (Lipinski definition) is 2. The number of rotatable bonds is 3. The van der Waals surface area contributed by atoms with Crippen LogP contribution in [0.5, 0.6) is 0 Å². The van der Waals surface area contributed by atoms with Crippen LogP contribution in [0.15, 0.2) is 0 Å². The van der Waals surface area contributed by atoms with Crippen molar-refractivity contribution in [1.82, 2.24) is 10.2 Å². The van der Waals surface area contributed by atoms with E-state index in [-0.39, 0.29) is 18.9 Å². The summed E-state index contributed by atoms with van der Waals surface area (Å²) in [5, 5.41) is 11.8. The molecular weight excluding hydrogens is 264 g/mol. The first-order valence-electron chi connectivity index (χ1n) is 6.62. The highest BCUT2D eigenvalue weighted by Gasteiger charge is 2.48. The average molecular weight is 286 g/mol. The van der Waals surface area contributed by atoms with Gasteiger partial charge in [0.1, 0.15) is 5.60 Å². The number of aliphatic carboxylic acids is 1. The molecule has 2 N–H and O–H groups in total. The molecule has 0 aromatic rings. The Morgan fingerprint density at radius 2 is 1.95 bits per heavy atom. The van der Waals surface area contributed by atoms with Crippen molar-refractivity contribution in [3.63, 3.8) is 0 Å². The van der Waals surface area contributed by atoms with E-state index in [2.05, 4.69) is 5.32 Å². The average Bonchev–Trinajstić information content (AvgIpc) is 2.70. The van der Waals surface area contributed by atoms with Crippen molar-refractivity contribution >= 4 is 18.0 Å². The number of likely N-dealkylation sites (tertiary alicyclic amines) is 1. The first-order chi connectivity index (χ1) is 9.09. The summed E-state index contributed by atoms with van der Waals surface area (Å²) in [6.07, 6.45) is -0.305. The quantitative estimate of drug-likeness (QED) is 0.806. The zero-order chi connectivity index (χ0) is 15.6. The van der Waals surface area contributed by atoms with E-state index in [0.717, 1.165) is 0 Å². The second kappa shape index (κ2) is 5.68. The Morgan fingerprint density at radius 1 is 1.35 bits per heavy atom. The molecule has 1 rings (SSSR count). The number of alkyl carbamates (subject to hydrolysis) is 1. The fourth-order valence-corrected chi connectivity index (χ4v) is 2.08. The Kier molecular flexibility index (Phi) is 4.62. The third-order valence-electron chi connectivity index (χ3n) is 3.07. The molecule has 0 saturated carbocycles. The summed E-state index contributed by atoms with van der Waals surface area (Å²) in [6, 6.07) is 0. The van der Waals surface area contributed by atoms with Gasteiger partial charge in [-0.3, -0.25) is 4.79 Å². The van der Waals surface area contributed by atoms with Gasteiger partial charge in [0.15, 0.2) is 5.54 Å². The third kappa shape index (κ3) is 3.85. The Balaban J connectivity index is 2.78. The standard InChI is InChI=1S/C13H22N2O5/c1-5-9(16)15-7-6-13(8-15,10(17)18)14-11(19)20-12(2,3)4/h5-8H2,1-4H3,(H,14,19)(H,17,18). The SMILES string of the molecule is CCC(=O)N1CCC(NC(=O)OC(C)(C)C)(C(=O)O)C1. The third-order valence-corrected chi connectivity index (χ3v) is 3.07. The predicted octanol–water partition coefficient (Wildman–Crippen LogP) is 0.977. The highest BCUT2D eigenvalue weighted by atomic mass is 16.6. The fraction of sp³-hybridized carbons (Fsp3) is 0.769. The summed E-state index contributed by atoms with van der Waals surface area (Å²) in [5.41, 5.74) is -2.17. The summed E-state index contributed by atoms with van der Waals surface area (Å²) in [4.78, 5) is 36.3. The van der Waals surface area contributed by atoms with Crippen molar-refractivity contribution in [2.24, 2.45) is 0 Å². The molecule has 0 radical (unpaired) electrons. The Labute approximate surface area is 118 Å². The van der Waals surface area contributed by atoms with Gasteiger partial charge in [-0.25, -0.2) is 9.59 Å². The van der Waals surface area contributed by atoms with Crippen LogP contribution in [0.3, 0.4) is 0 Å². The molecule has 0 aromatic carbocycles. The van der Waals surface area contributed by atoms with Crippen LogP contribution in [0.2, 0.25) is 0 Å². The van der Waals surface area contributed by atoms with Crippen LogP contribution in [0.25, 0.3) is 0 Å². The number of carbonyl (C=O) groups excluding carboxylic acids is 2. The number of hydrogen-bond acceptors (Lipinski definition) is 4. The molecule has 0 bridgehead atoms. The number of carboxylic acids is 1. The van der Waals surface area contributed by atoms with E-state index >= 15 is 0 Å². The maximum Gasteiger partial charge on any atom is 0.408 e. The van der Waals surface area contributed by atoms with Gasteiger partial charge >= 0.3 is 12.1 Å². The van der Waals surface area contributed by atoms with Crippen LogP contribution >= 0.6 is 0 Å². The van der Waals surface area contributed by atoms with Crippen LogP contribution < -0.4 is 5.32 Å². The second-order valence-corrected chi connectivity index (χ2v) is 5.93. The normalized spacial score (nSPS) is 22.5. The van der Waals surface area contributed by atoms with Crippen molar-refractivity contribution in [3.8, 4) is 0 Å². The van der Waals surface area contributed by atoms with Crippen LogP contribution in [-0.4, -0.2) is 52.2 Å². The van der Waals surface area contributed by atoms with Gasteiger partial charge in [-0.2, -0.15) is 0 Å². The largest absolute Gasteiger partial charge is 0.479 e. The number of carbonyl (C=O) groups is 3. The van der Waals surface area contributed by atoms with Gasteiger partial charge in [0, 0.05) is 19.4 Å². The minimum absolute atomic E-state index is 0.0335. The maximum absolute atomic E-state index is 11.8. The van der Waals surface area contributed by atoms with E-state index in [9.17, 15) is 19.5 Å². The predicted molar refractivity (Wildman–Crippen MR) is 71.2 cm³/mol. The lowest BCUT2D eigenvalue weighted by Gasteiger charge is -2.28. The molecule has 2 amide bonds. The van der Waals surface area contributed by atoms with Gasteiger partial charge in [0.2, 0.25) is 5.91 Å².